The topological polar surface area (TPSA) is 26.0 Å². The van der Waals surface area contributed by atoms with E-state index in [4.69, 9.17) is 0 Å². The summed E-state index contributed by atoms with van der Waals surface area (Å²) in [6.07, 6.45) is 4.29. The highest BCUT2D eigenvalue weighted by Gasteiger charge is 2.36. The Morgan fingerprint density at radius 1 is 1.19 bits per heavy atom. The minimum absolute atomic E-state index is 0.138. The number of carbonyl (C=O) groups is 1. The number of hydrogen-bond acceptors (Lipinski definition) is 1. The second kappa shape index (κ2) is 6.67. The number of halogens is 1. The SMILES string of the molecule is O=C(CCC[NH+]1CC[NH+]2CCC[C@@H]2C1)c1ccc(F)cc1. The molecule has 114 valence electrons. The maximum atomic E-state index is 12.8. The van der Waals surface area contributed by atoms with Gasteiger partial charge in [0.1, 0.15) is 31.5 Å². The van der Waals surface area contributed by atoms with Gasteiger partial charge in [-0.15, -0.1) is 0 Å². The fourth-order valence-corrected chi connectivity index (χ4v) is 3.85. The van der Waals surface area contributed by atoms with E-state index in [1.807, 2.05) is 0 Å². The molecule has 2 fully saturated rings. The summed E-state index contributed by atoms with van der Waals surface area (Å²) in [5.41, 5.74) is 0.636. The normalized spacial score (nSPS) is 28.3. The van der Waals surface area contributed by atoms with E-state index < -0.39 is 0 Å². The smallest absolute Gasteiger partial charge is 0.163 e. The molecule has 2 unspecified atom stereocenters. The highest BCUT2D eigenvalue weighted by molar-refractivity contribution is 5.95. The molecule has 1 aromatic rings. The van der Waals surface area contributed by atoms with Crippen LogP contribution in [0.2, 0.25) is 0 Å². The Kier molecular flexibility index (Phi) is 4.66. The largest absolute Gasteiger partial charge is 0.325 e. The molecule has 2 heterocycles. The minimum Gasteiger partial charge on any atom is -0.325 e. The number of nitrogens with one attached hydrogen (secondary N) is 2. The third-order valence-corrected chi connectivity index (χ3v) is 5.06. The zero-order valence-electron chi connectivity index (χ0n) is 12.5. The van der Waals surface area contributed by atoms with E-state index in [0.717, 1.165) is 19.0 Å². The van der Waals surface area contributed by atoms with Gasteiger partial charge in [-0.3, -0.25) is 4.79 Å². The average molecular weight is 292 g/mol. The molecule has 0 aliphatic carbocycles. The van der Waals surface area contributed by atoms with Gasteiger partial charge in [-0.05, 0) is 24.3 Å². The number of piperazine rings is 1. The molecular weight excluding hydrogens is 267 g/mol. The van der Waals surface area contributed by atoms with E-state index in [0.29, 0.717) is 12.0 Å². The van der Waals surface area contributed by atoms with Gasteiger partial charge < -0.3 is 9.80 Å². The van der Waals surface area contributed by atoms with Gasteiger partial charge in [-0.25, -0.2) is 4.39 Å². The summed E-state index contributed by atoms with van der Waals surface area (Å²) in [7, 11) is 0. The first-order valence-electron chi connectivity index (χ1n) is 8.19. The van der Waals surface area contributed by atoms with Gasteiger partial charge in [0, 0.05) is 31.2 Å². The van der Waals surface area contributed by atoms with E-state index in [1.54, 1.807) is 21.9 Å². The average Bonchev–Trinajstić information content (AvgIpc) is 2.95. The van der Waals surface area contributed by atoms with Crippen molar-refractivity contribution in [2.75, 3.05) is 32.7 Å². The number of benzene rings is 1. The second-order valence-corrected chi connectivity index (χ2v) is 6.49. The first-order chi connectivity index (χ1) is 10.2. The van der Waals surface area contributed by atoms with Gasteiger partial charge in [0.2, 0.25) is 0 Å². The number of hydrogen-bond donors (Lipinski definition) is 2. The Bertz CT molecular complexity index is 488. The Morgan fingerprint density at radius 2 is 2.00 bits per heavy atom. The molecule has 3 atom stereocenters. The number of quaternary nitrogens is 2. The van der Waals surface area contributed by atoms with Gasteiger partial charge >= 0.3 is 0 Å². The van der Waals surface area contributed by atoms with Crippen molar-refractivity contribution >= 4 is 5.78 Å². The third-order valence-electron chi connectivity index (χ3n) is 5.06. The number of carbonyl (C=O) groups excluding carboxylic acids is 1. The molecule has 1 aromatic carbocycles. The van der Waals surface area contributed by atoms with Crippen LogP contribution < -0.4 is 9.80 Å². The van der Waals surface area contributed by atoms with Crippen LogP contribution in [0.3, 0.4) is 0 Å². The van der Waals surface area contributed by atoms with Gasteiger partial charge in [-0.2, -0.15) is 0 Å². The van der Waals surface area contributed by atoms with Crippen LogP contribution >= 0.6 is 0 Å². The monoisotopic (exact) mass is 292 g/mol. The number of rotatable bonds is 5. The fraction of sp³-hybridized carbons (Fsp3) is 0.588. The van der Waals surface area contributed by atoms with Gasteiger partial charge in [0.15, 0.2) is 5.78 Å². The maximum Gasteiger partial charge on any atom is 0.163 e. The van der Waals surface area contributed by atoms with Crippen LogP contribution in [0.15, 0.2) is 24.3 Å². The van der Waals surface area contributed by atoms with Crippen molar-refractivity contribution in [3.63, 3.8) is 0 Å². The molecule has 2 aliphatic rings. The standard InChI is InChI=1S/C17H23FN2O/c18-15-7-5-14(6-8-15)17(21)4-2-9-19-11-12-20-10-1-3-16(20)13-19/h5-8,16H,1-4,9-13H2/p+2/t16-/m1/s1. The summed E-state index contributed by atoms with van der Waals surface area (Å²) in [5.74, 6) is -0.146. The molecule has 0 amide bonds. The molecule has 4 heteroatoms. The molecule has 0 aromatic heterocycles. The molecule has 21 heavy (non-hydrogen) atoms. The van der Waals surface area contributed by atoms with Crippen molar-refractivity contribution in [1.29, 1.82) is 0 Å². The second-order valence-electron chi connectivity index (χ2n) is 6.49. The zero-order chi connectivity index (χ0) is 14.7. The summed E-state index contributed by atoms with van der Waals surface area (Å²) in [4.78, 5) is 15.5. The Morgan fingerprint density at radius 3 is 2.81 bits per heavy atom. The summed E-state index contributed by atoms with van der Waals surface area (Å²) in [5, 5.41) is 0. The molecule has 2 aliphatic heterocycles. The molecule has 2 N–H and O–H groups in total. The fourth-order valence-electron chi connectivity index (χ4n) is 3.85. The molecule has 3 nitrogen and oxygen atoms in total. The van der Waals surface area contributed by atoms with Crippen LogP contribution in [-0.4, -0.2) is 44.5 Å². The predicted octanol–water partition coefficient (Wildman–Crippen LogP) is -0.266. The number of ketones is 1. The van der Waals surface area contributed by atoms with E-state index in [-0.39, 0.29) is 11.6 Å². The lowest BCUT2D eigenvalue weighted by Gasteiger charge is -2.32. The highest BCUT2D eigenvalue weighted by Crippen LogP contribution is 2.07. The van der Waals surface area contributed by atoms with Crippen LogP contribution in [0, 0.1) is 5.82 Å². The van der Waals surface area contributed by atoms with Gasteiger partial charge in [0.25, 0.3) is 0 Å². The molecule has 0 spiro atoms. The lowest BCUT2D eigenvalue weighted by atomic mass is 10.1. The van der Waals surface area contributed by atoms with E-state index in [1.165, 1.54) is 51.2 Å². The summed E-state index contributed by atoms with van der Waals surface area (Å²) in [6.45, 7) is 6.28. The molecule has 2 saturated heterocycles. The zero-order valence-corrected chi connectivity index (χ0v) is 12.5. The minimum atomic E-state index is -0.284. The van der Waals surface area contributed by atoms with Crippen molar-refractivity contribution in [3.8, 4) is 0 Å². The molecule has 0 radical (unpaired) electrons. The summed E-state index contributed by atoms with van der Waals surface area (Å²) >= 11 is 0. The first kappa shape index (κ1) is 14.7. The Hall–Kier alpha value is -1.26. The van der Waals surface area contributed by atoms with Crippen molar-refractivity contribution in [2.24, 2.45) is 0 Å². The number of Topliss-reactive ketones (excluding diaryl/α,β-unsaturated/α-hetero) is 1. The Balaban J connectivity index is 1.41. The van der Waals surface area contributed by atoms with Crippen LogP contribution in [0.1, 0.15) is 36.0 Å². The quantitative estimate of drug-likeness (QED) is 0.718. The van der Waals surface area contributed by atoms with Crippen LogP contribution in [0.25, 0.3) is 0 Å². The van der Waals surface area contributed by atoms with Crippen LogP contribution in [0.4, 0.5) is 4.39 Å². The van der Waals surface area contributed by atoms with E-state index >= 15 is 0 Å². The maximum absolute atomic E-state index is 12.8. The predicted molar refractivity (Wildman–Crippen MR) is 79.2 cm³/mol. The van der Waals surface area contributed by atoms with Gasteiger partial charge in [-0.1, -0.05) is 0 Å². The summed E-state index contributed by atoms with van der Waals surface area (Å²) in [6, 6.07) is 6.76. The molecular formula is C17H25FN2O+2. The Labute approximate surface area is 125 Å². The lowest BCUT2D eigenvalue weighted by molar-refractivity contribution is -1.02. The molecule has 0 bridgehead atoms. The first-order valence-corrected chi connectivity index (χ1v) is 8.19. The van der Waals surface area contributed by atoms with Crippen molar-refractivity contribution in [3.05, 3.63) is 35.6 Å². The van der Waals surface area contributed by atoms with Gasteiger partial charge in [0.05, 0.1) is 13.1 Å². The third kappa shape index (κ3) is 3.69. The van der Waals surface area contributed by atoms with E-state index in [2.05, 4.69) is 0 Å². The highest BCUT2D eigenvalue weighted by atomic mass is 19.1. The van der Waals surface area contributed by atoms with Crippen LogP contribution in [-0.2, 0) is 0 Å². The van der Waals surface area contributed by atoms with Crippen molar-refractivity contribution in [2.45, 2.75) is 31.7 Å². The van der Waals surface area contributed by atoms with E-state index in [9.17, 15) is 9.18 Å². The van der Waals surface area contributed by atoms with Crippen molar-refractivity contribution in [1.82, 2.24) is 0 Å². The van der Waals surface area contributed by atoms with Crippen molar-refractivity contribution < 1.29 is 19.0 Å². The van der Waals surface area contributed by atoms with Crippen LogP contribution in [0.5, 0.6) is 0 Å². The molecule has 3 rings (SSSR count). The molecule has 0 saturated carbocycles. The summed E-state index contributed by atoms with van der Waals surface area (Å²) < 4.78 is 12.8. The lowest BCUT2D eigenvalue weighted by Crippen LogP contribution is -3.29. The number of fused-ring (bicyclic) bond motifs is 1.